The fourth-order valence-electron chi connectivity index (χ4n) is 0.623. The molecule has 0 fully saturated rings. The summed E-state index contributed by atoms with van der Waals surface area (Å²) in [5, 5.41) is 0. The minimum absolute atomic E-state index is 0.0536. The molecule has 0 saturated heterocycles. The summed E-state index contributed by atoms with van der Waals surface area (Å²) in [7, 11) is -4.18. The van der Waals surface area contributed by atoms with Crippen molar-refractivity contribution in [3.05, 3.63) is 0 Å². The molecule has 0 aliphatic heterocycles. The fraction of sp³-hybridized carbons (Fsp3) is 0.833. The van der Waals surface area contributed by atoms with Crippen LogP contribution in [0.2, 0.25) is 0 Å². The van der Waals surface area contributed by atoms with Crippen molar-refractivity contribution < 1.29 is 31.1 Å². The van der Waals surface area contributed by atoms with Crippen molar-refractivity contribution in [3.8, 4) is 0 Å². The smallest absolute Gasteiger partial charge is 0.469 e. The van der Waals surface area contributed by atoms with Crippen molar-refractivity contribution in [2.24, 2.45) is 0 Å². The number of hydrogen-bond donors (Lipinski definition) is 1. The Balaban J connectivity index is 3.93. The van der Waals surface area contributed by atoms with Crippen LogP contribution in [0.3, 0.4) is 0 Å². The number of nitrogens with one attached hydrogen (secondary N) is 1. The number of halogens is 3. The van der Waals surface area contributed by atoms with E-state index in [1.165, 1.54) is 4.72 Å². The van der Waals surface area contributed by atoms with E-state index in [4.69, 9.17) is 0 Å². The van der Waals surface area contributed by atoms with Crippen LogP contribution < -0.4 is 4.72 Å². The van der Waals surface area contributed by atoms with E-state index in [1.807, 2.05) is 0 Å². The number of carbonyl (C=O) groups excluding carboxylic acids is 1. The molecule has 0 spiro atoms. The highest BCUT2D eigenvalue weighted by molar-refractivity contribution is 7.90. The fourth-order valence-corrected chi connectivity index (χ4v) is 1.20. The van der Waals surface area contributed by atoms with Gasteiger partial charge in [-0.25, -0.2) is 13.1 Å². The third-order valence-corrected chi connectivity index (χ3v) is 2.58. The number of sulfonamides is 1. The molecule has 0 heterocycles. The summed E-state index contributed by atoms with van der Waals surface area (Å²) in [6.07, 6.45) is -0.196. The summed E-state index contributed by atoms with van der Waals surface area (Å²) in [5.41, 5.74) is -5.32. The minimum Gasteiger partial charge on any atom is -0.469 e. The number of alkyl halides is 3. The zero-order chi connectivity index (χ0) is 12.1. The molecule has 0 saturated carbocycles. The van der Waals surface area contributed by atoms with Crippen LogP contribution in [0.15, 0.2) is 0 Å². The van der Waals surface area contributed by atoms with E-state index in [-0.39, 0.29) is 12.8 Å². The number of esters is 1. The second-order valence-electron chi connectivity index (χ2n) is 2.52. The van der Waals surface area contributed by atoms with Gasteiger partial charge in [0, 0.05) is 13.0 Å². The van der Waals surface area contributed by atoms with Crippen LogP contribution in [-0.4, -0.2) is 33.5 Å². The highest BCUT2D eigenvalue weighted by Crippen LogP contribution is 2.21. The molecule has 0 atom stereocenters. The largest absolute Gasteiger partial charge is 0.511 e. The lowest BCUT2D eigenvalue weighted by Gasteiger charge is -2.08. The summed E-state index contributed by atoms with van der Waals surface area (Å²) in [6, 6.07) is 0. The number of hydrogen-bond acceptors (Lipinski definition) is 4. The monoisotopic (exact) mass is 249 g/mol. The van der Waals surface area contributed by atoms with Crippen molar-refractivity contribution in [2.45, 2.75) is 18.3 Å². The molecule has 0 aromatic rings. The normalized spacial score (nSPS) is 12.5. The molecule has 90 valence electrons. The molecule has 1 N–H and O–H groups in total. The van der Waals surface area contributed by atoms with Gasteiger partial charge in [0.05, 0.1) is 7.11 Å². The van der Waals surface area contributed by atoms with Crippen LogP contribution in [0.25, 0.3) is 0 Å². The second-order valence-corrected chi connectivity index (χ2v) is 4.28. The highest BCUT2D eigenvalue weighted by atomic mass is 32.2. The average Bonchev–Trinajstić information content (AvgIpc) is 2.10. The van der Waals surface area contributed by atoms with Crippen LogP contribution in [0.1, 0.15) is 12.8 Å². The molecule has 0 aliphatic rings. The maximum atomic E-state index is 11.7. The van der Waals surface area contributed by atoms with E-state index in [1.54, 1.807) is 0 Å². The van der Waals surface area contributed by atoms with Crippen LogP contribution in [-0.2, 0) is 19.6 Å². The number of methoxy groups -OCH3 is 1. The molecular weight excluding hydrogens is 239 g/mol. The topological polar surface area (TPSA) is 72.5 Å². The Hall–Kier alpha value is -0.830. The van der Waals surface area contributed by atoms with Gasteiger partial charge in [0.15, 0.2) is 0 Å². The molecule has 0 amide bonds. The first-order valence-corrected chi connectivity index (χ1v) is 5.32. The predicted octanol–water partition coefficient (Wildman–Crippen LogP) is 0.379. The van der Waals surface area contributed by atoms with Crippen LogP contribution in [0.4, 0.5) is 13.2 Å². The van der Waals surface area contributed by atoms with Crippen molar-refractivity contribution >= 4 is 16.0 Å². The Morgan fingerprint density at radius 1 is 1.40 bits per heavy atom. The third-order valence-electron chi connectivity index (χ3n) is 1.38. The maximum absolute atomic E-state index is 11.7. The number of rotatable bonds is 5. The molecule has 9 heteroatoms. The molecule has 0 radical (unpaired) electrons. The molecule has 15 heavy (non-hydrogen) atoms. The summed E-state index contributed by atoms with van der Waals surface area (Å²) < 4.78 is 61.6. The van der Waals surface area contributed by atoms with Crippen LogP contribution in [0.5, 0.6) is 0 Å². The first-order valence-electron chi connectivity index (χ1n) is 3.83. The van der Waals surface area contributed by atoms with E-state index >= 15 is 0 Å². The Labute approximate surface area is 84.6 Å². The Kier molecular flexibility index (Phi) is 5.01. The van der Waals surface area contributed by atoms with Gasteiger partial charge in [-0.2, -0.15) is 13.2 Å². The quantitative estimate of drug-likeness (QED) is 0.564. The van der Waals surface area contributed by atoms with E-state index in [2.05, 4.69) is 4.74 Å². The van der Waals surface area contributed by atoms with Gasteiger partial charge in [0.1, 0.15) is 0 Å². The lowest BCUT2D eigenvalue weighted by molar-refractivity contribution is -0.140. The second kappa shape index (κ2) is 5.31. The van der Waals surface area contributed by atoms with Crippen molar-refractivity contribution in [3.63, 3.8) is 0 Å². The van der Waals surface area contributed by atoms with Gasteiger partial charge >= 0.3 is 21.5 Å². The summed E-state index contributed by atoms with van der Waals surface area (Å²) in [5.74, 6) is -0.610. The Morgan fingerprint density at radius 3 is 2.33 bits per heavy atom. The SMILES string of the molecule is COC(=O)CCCNS(=O)(=O)C(F)(F)F. The van der Waals surface area contributed by atoms with Crippen molar-refractivity contribution in [1.29, 1.82) is 0 Å². The van der Waals surface area contributed by atoms with Crippen molar-refractivity contribution in [2.75, 3.05) is 13.7 Å². The molecule has 0 rings (SSSR count). The van der Waals surface area contributed by atoms with Crippen LogP contribution in [0, 0.1) is 0 Å². The Bertz CT molecular complexity index is 311. The lowest BCUT2D eigenvalue weighted by atomic mass is 10.3. The average molecular weight is 249 g/mol. The van der Waals surface area contributed by atoms with E-state index in [0.29, 0.717) is 0 Å². The van der Waals surface area contributed by atoms with Gasteiger partial charge in [0.25, 0.3) is 0 Å². The van der Waals surface area contributed by atoms with E-state index in [9.17, 15) is 26.4 Å². The summed E-state index contributed by atoms with van der Waals surface area (Å²) >= 11 is 0. The number of ether oxygens (including phenoxy) is 1. The van der Waals surface area contributed by atoms with E-state index < -0.39 is 28.0 Å². The van der Waals surface area contributed by atoms with Crippen molar-refractivity contribution in [1.82, 2.24) is 4.72 Å². The lowest BCUT2D eigenvalue weighted by Crippen LogP contribution is -2.37. The molecule has 0 bridgehead atoms. The Morgan fingerprint density at radius 2 is 1.93 bits per heavy atom. The minimum atomic E-state index is -5.32. The molecule has 0 aliphatic carbocycles. The molecule has 5 nitrogen and oxygen atoms in total. The molecular formula is C6H10F3NO4S. The van der Waals surface area contributed by atoms with Gasteiger partial charge < -0.3 is 4.74 Å². The number of carbonyl (C=O) groups is 1. The zero-order valence-corrected chi connectivity index (χ0v) is 8.61. The molecule has 0 unspecified atom stereocenters. The predicted molar refractivity (Wildman–Crippen MR) is 44.2 cm³/mol. The molecule has 0 aromatic heterocycles. The summed E-state index contributed by atoms with van der Waals surface area (Å²) in [6.45, 7) is -0.461. The van der Waals surface area contributed by atoms with Gasteiger partial charge in [-0.3, -0.25) is 4.79 Å². The first-order chi connectivity index (χ1) is 6.70. The maximum Gasteiger partial charge on any atom is 0.511 e. The van der Waals surface area contributed by atoms with Crippen LogP contribution >= 0.6 is 0 Å². The molecule has 0 aromatic carbocycles. The standard InChI is InChI=1S/C6H10F3NO4S/c1-14-5(11)3-2-4-10-15(12,13)6(7,8)9/h10H,2-4H2,1H3. The summed E-state index contributed by atoms with van der Waals surface area (Å²) in [4.78, 5) is 10.5. The third kappa shape index (κ3) is 4.98. The van der Waals surface area contributed by atoms with Gasteiger partial charge in [-0.15, -0.1) is 0 Å². The highest BCUT2D eigenvalue weighted by Gasteiger charge is 2.45. The van der Waals surface area contributed by atoms with Gasteiger partial charge in [-0.05, 0) is 6.42 Å². The van der Waals surface area contributed by atoms with E-state index in [0.717, 1.165) is 7.11 Å². The van der Waals surface area contributed by atoms with Gasteiger partial charge in [-0.1, -0.05) is 0 Å². The first kappa shape index (κ1) is 14.2. The zero-order valence-electron chi connectivity index (χ0n) is 7.80. The van der Waals surface area contributed by atoms with Gasteiger partial charge in [0.2, 0.25) is 0 Å².